The zero-order valence-corrected chi connectivity index (χ0v) is 12.7. The quantitative estimate of drug-likeness (QED) is 0.458. The SMILES string of the molecule is Clc1ccccc1C=NN(c1ccccc1)c1ccccc1. The molecule has 0 heterocycles. The van der Waals surface area contributed by atoms with E-state index in [4.69, 9.17) is 11.6 Å². The Hall–Kier alpha value is -2.58. The number of hydrazone groups is 1. The second-order valence-electron chi connectivity index (χ2n) is 4.75. The summed E-state index contributed by atoms with van der Waals surface area (Å²) < 4.78 is 0. The summed E-state index contributed by atoms with van der Waals surface area (Å²) in [7, 11) is 0. The van der Waals surface area contributed by atoms with Gasteiger partial charge >= 0.3 is 0 Å². The smallest absolute Gasteiger partial charge is 0.0652 e. The van der Waals surface area contributed by atoms with Crippen LogP contribution in [0.3, 0.4) is 0 Å². The van der Waals surface area contributed by atoms with Crippen LogP contribution >= 0.6 is 11.6 Å². The zero-order chi connectivity index (χ0) is 15.2. The van der Waals surface area contributed by atoms with Crippen molar-refractivity contribution in [3.05, 3.63) is 95.5 Å². The number of hydrogen-bond donors (Lipinski definition) is 0. The topological polar surface area (TPSA) is 15.6 Å². The summed E-state index contributed by atoms with van der Waals surface area (Å²) in [5, 5.41) is 7.20. The van der Waals surface area contributed by atoms with E-state index in [2.05, 4.69) is 5.10 Å². The van der Waals surface area contributed by atoms with E-state index in [0.717, 1.165) is 16.9 Å². The molecule has 0 aliphatic rings. The van der Waals surface area contributed by atoms with Gasteiger partial charge in [-0.1, -0.05) is 66.2 Å². The molecule has 0 spiro atoms. The maximum absolute atomic E-state index is 6.19. The summed E-state index contributed by atoms with van der Waals surface area (Å²) in [6.45, 7) is 0. The lowest BCUT2D eigenvalue weighted by molar-refractivity contribution is 1.09. The lowest BCUT2D eigenvalue weighted by Crippen LogP contribution is -2.09. The van der Waals surface area contributed by atoms with Gasteiger partial charge in [0, 0.05) is 10.6 Å². The average Bonchev–Trinajstić information content (AvgIpc) is 2.59. The minimum Gasteiger partial charge on any atom is -0.234 e. The van der Waals surface area contributed by atoms with Crippen molar-refractivity contribution in [3.63, 3.8) is 0 Å². The minimum atomic E-state index is 0.687. The fourth-order valence-electron chi connectivity index (χ4n) is 2.12. The fourth-order valence-corrected chi connectivity index (χ4v) is 2.31. The van der Waals surface area contributed by atoms with Crippen LogP contribution in [0.25, 0.3) is 0 Å². The van der Waals surface area contributed by atoms with E-state index < -0.39 is 0 Å². The largest absolute Gasteiger partial charge is 0.234 e. The molecule has 0 unspecified atom stereocenters. The summed E-state index contributed by atoms with van der Waals surface area (Å²) in [4.78, 5) is 0. The van der Waals surface area contributed by atoms with Crippen molar-refractivity contribution in [2.75, 3.05) is 5.01 Å². The molecule has 108 valence electrons. The first-order chi connectivity index (χ1) is 10.8. The van der Waals surface area contributed by atoms with Crippen molar-refractivity contribution in [1.29, 1.82) is 0 Å². The summed E-state index contributed by atoms with van der Waals surface area (Å²) in [6.07, 6.45) is 1.78. The molecule has 0 aliphatic carbocycles. The number of halogens is 1. The number of rotatable bonds is 4. The lowest BCUT2D eigenvalue weighted by Gasteiger charge is -2.19. The van der Waals surface area contributed by atoms with Crippen LogP contribution in [0.4, 0.5) is 11.4 Å². The Morgan fingerprint density at radius 2 is 1.18 bits per heavy atom. The molecule has 3 aromatic carbocycles. The molecule has 0 bridgehead atoms. The van der Waals surface area contributed by atoms with Crippen LogP contribution in [0.2, 0.25) is 5.02 Å². The fraction of sp³-hybridized carbons (Fsp3) is 0. The molecule has 0 fully saturated rings. The van der Waals surface area contributed by atoms with Crippen LogP contribution in [-0.4, -0.2) is 6.21 Å². The third-order valence-corrected chi connectivity index (χ3v) is 3.56. The predicted molar refractivity (Wildman–Crippen MR) is 94.1 cm³/mol. The molecule has 0 saturated heterocycles. The average molecular weight is 307 g/mol. The van der Waals surface area contributed by atoms with E-state index in [9.17, 15) is 0 Å². The molecule has 3 heteroatoms. The Kier molecular flexibility index (Phi) is 4.52. The van der Waals surface area contributed by atoms with E-state index in [1.54, 1.807) is 6.21 Å². The van der Waals surface area contributed by atoms with E-state index in [-0.39, 0.29) is 0 Å². The van der Waals surface area contributed by atoms with Crippen molar-refractivity contribution < 1.29 is 0 Å². The van der Waals surface area contributed by atoms with Crippen LogP contribution in [0.1, 0.15) is 5.56 Å². The first kappa shape index (κ1) is 14.4. The van der Waals surface area contributed by atoms with Gasteiger partial charge in [0.1, 0.15) is 0 Å². The van der Waals surface area contributed by atoms with E-state index in [1.807, 2.05) is 89.9 Å². The number of hydrogen-bond acceptors (Lipinski definition) is 2. The van der Waals surface area contributed by atoms with Crippen molar-refractivity contribution in [3.8, 4) is 0 Å². The molecule has 0 radical (unpaired) electrons. The van der Waals surface area contributed by atoms with Gasteiger partial charge in [-0.3, -0.25) is 0 Å². The number of nitrogens with zero attached hydrogens (tertiary/aromatic N) is 2. The van der Waals surface area contributed by atoms with Crippen molar-refractivity contribution >= 4 is 29.2 Å². The third kappa shape index (κ3) is 3.35. The highest BCUT2D eigenvalue weighted by molar-refractivity contribution is 6.33. The number of anilines is 2. The van der Waals surface area contributed by atoms with Gasteiger partial charge in [0.25, 0.3) is 0 Å². The maximum atomic E-state index is 6.19. The van der Waals surface area contributed by atoms with E-state index in [0.29, 0.717) is 5.02 Å². The molecular formula is C19H15ClN2. The second kappa shape index (κ2) is 6.92. The lowest BCUT2D eigenvalue weighted by atomic mass is 10.2. The van der Waals surface area contributed by atoms with Crippen LogP contribution in [-0.2, 0) is 0 Å². The molecule has 2 nitrogen and oxygen atoms in total. The van der Waals surface area contributed by atoms with Gasteiger partial charge in [-0.15, -0.1) is 0 Å². The Balaban J connectivity index is 1.98. The van der Waals surface area contributed by atoms with Crippen molar-refractivity contribution in [1.82, 2.24) is 0 Å². The molecule has 3 rings (SSSR count). The highest BCUT2D eigenvalue weighted by Crippen LogP contribution is 2.25. The van der Waals surface area contributed by atoms with Crippen LogP contribution in [0.15, 0.2) is 90.0 Å². The monoisotopic (exact) mass is 306 g/mol. The summed E-state index contributed by atoms with van der Waals surface area (Å²) in [5.74, 6) is 0. The third-order valence-electron chi connectivity index (χ3n) is 3.22. The Morgan fingerprint density at radius 1 is 0.682 bits per heavy atom. The Bertz CT molecular complexity index is 715. The molecule has 0 amide bonds. The molecular weight excluding hydrogens is 292 g/mol. The van der Waals surface area contributed by atoms with Crippen molar-refractivity contribution in [2.45, 2.75) is 0 Å². The molecule has 22 heavy (non-hydrogen) atoms. The van der Waals surface area contributed by atoms with Crippen LogP contribution in [0, 0.1) is 0 Å². The summed E-state index contributed by atoms with van der Waals surface area (Å²) in [6, 6.07) is 27.7. The van der Waals surface area contributed by atoms with Gasteiger partial charge in [-0.25, -0.2) is 5.01 Å². The molecule has 0 aromatic heterocycles. The van der Waals surface area contributed by atoms with Crippen LogP contribution < -0.4 is 5.01 Å². The summed E-state index contributed by atoms with van der Waals surface area (Å²) >= 11 is 6.19. The van der Waals surface area contributed by atoms with Crippen molar-refractivity contribution in [2.24, 2.45) is 5.10 Å². The molecule has 0 atom stereocenters. The molecule has 0 saturated carbocycles. The van der Waals surface area contributed by atoms with Gasteiger partial charge in [-0.05, 0) is 30.3 Å². The van der Waals surface area contributed by atoms with Gasteiger partial charge in [0.2, 0.25) is 0 Å². The normalized spacial score (nSPS) is 10.8. The minimum absolute atomic E-state index is 0.687. The maximum Gasteiger partial charge on any atom is 0.0652 e. The second-order valence-corrected chi connectivity index (χ2v) is 5.16. The van der Waals surface area contributed by atoms with Gasteiger partial charge in [0.15, 0.2) is 0 Å². The molecule has 0 N–H and O–H groups in total. The molecule has 3 aromatic rings. The zero-order valence-electron chi connectivity index (χ0n) is 11.9. The Morgan fingerprint density at radius 3 is 1.73 bits per heavy atom. The first-order valence-electron chi connectivity index (χ1n) is 7.03. The standard InChI is InChI=1S/C19H15ClN2/c20-19-14-8-7-9-16(19)15-21-22(17-10-3-1-4-11-17)18-12-5-2-6-13-18/h1-15H. The highest BCUT2D eigenvalue weighted by Gasteiger charge is 2.06. The number of benzene rings is 3. The Labute approximate surface area is 135 Å². The van der Waals surface area contributed by atoms with E-state index >= 15 is 0 Å². The first-order valence-corrected chi connectivity index (χ1v) is 7.41. The van der Waals surface area contributed by atoms with E-state index in [1.165, 1.54) is 0 Å². The predicted octanol–water partition coefficient (Wildman–Crippen LogP) is 5.51. The van der Waals surface area contributed by atoms with Gasteiger partial charge in [0.05, 0.1) is 17.6 Å². The molecule has 0 aliphatic heterocycles. The summed E-state index contributed by atoms with van der Waals surface area (Å²) in [5.41, 5.74) is 2.88. The van der Waals surface area contributed by atoms with Crippen LogP contribution in [0.5, 0.6) is 0 Å². The van der Waals surface area contributed by atoms with Gasteiger partial charge in [-0.2, -0.15) is 5.10 Å². The van der Waals surface area contributed by atoms with Gasteiger partial charge < -0.3 is 0 Å². The highest BCUT2D eigenvalue weighted by atomic mass is 35.5. The number of para-hydroxylation sites is 2.